The number of amides is 1. The molecule has 3 aromatic rings. The van der Waals surface area contributed by atoms with Crippen molar-refractivity contribution in [2.45, 2.75) is 41.0 Å². The van der Waals surface area contributed by atoms with Crippen LogP contribution < -0.4 is 9.47 Å². The maximum Gasteiger partial charge on any atom is 0.246 e. The molecule has 2 atom stereocenters. The summed E-state index contributed by atoms with van der Waals surface area (Å²) in [5.74, 6) is 2.67. The predicted molar refractivity (Wildman–Crippen MR) is 137 cm³/mol. The van der Waals surface area contributed by atoms with Gasteiger partial charge in [0.05, 0.1) is 20.0 Å². The van der Waals surface area contributed by atoms with E-state index >= 15 is 0 Å². The van der Waals surface area contributed by atoms with E-state index in [1.807, 2.05) is 49.9 Å². The van der Waals surface area contributed by atoms with Gasteiger partial charge in [0.15, 0.2) is 0 Å². The van der Waals surface area contributed by atoms with Crippen LogP contribution in [-0.2, 0) is 4.79 Å². The highest BCUT2D eigenvalue weighted by Gasteiger charge is 2.25. The lowest BCUT2D eigenvalue weighted by Crippen LogP contribution is -2.41. The van der Waals surface area contributed by atoms with Crippen LogP contribution in [0.2, 0.25) is 0 Å². The third kappa shape index (κ3) is 4.70. The van der Waals surface area contributed by atoms with Gasteiger partial charge in [-0.1, -0.05) is 26.0 Å². The first kappa shape index (κ1) is 23.9. The fraction of sp³-hybridized carbons (Fsp3) is 0.414. The van der Waals surface area contributed by atoms with Gasteiger partial charge in [0.25, 0.3) is 0 Å². The van der Waals surface area contributed by atoms with Crippen LogP contribution in [0.15, 0.2) is 47.1 Å². The molecule has 0 spiro atoms. The Morgan fingerprint density at radius 3 is 2.62 bits per heavy atom. The number of furan rings is 1. The molecule has 2 aromatic carbocycles. The number of hydrogen-bond acceptors (Lipinski definition) is 4. The van der Waals surface area contributed by atoms with Crippen molar-refractivity contribution in [3.63, 3.8) is 0 Å². The van der Waals surface area contributed by atoms with Crippen molar-refractivity contribution in [2.24, 2.45) is 11.8 Å². The number of carbonyl (C=O) groups excluding carboxylic acids is 1. The predicted octanol–water partition coefficient (Wildman–Crippen LogP) is 6.72. The van der Waals surface area contributed by atoms with Gasteiger partial charge in [-0.05, 0) is 68.4 Å². The highest BCUT2D eigenvalue weighted by atomic mass is 16.5. The molecule has 0 N–H and O–H groups in total. The summed E-state index contributed by atoms with van der Waals surface area (Å²) in [7, 11) is 1.66. The normalized spacial score (nSPS) is 18.9. The molecule has 4 rings (SSSR count). The summed E-state index contributed by atoms with van der Waals surface area (Å²) in [4.78, 5) is 15.2. The van der Waals surface area contributed by atoms with Gasteiger partial charge < -0.3 is 18.8 Å². The van der Waals surface area contributed by atoms with Crippen LogP contribution in [0.4, 0.5) is 0 Å². The number of rotatable bonds is 6. The summed E-state index contributed by atoms with van der Waals surface area (Å²) >= 11 is 0. The fourth-order valence-corrected chi connectivity index (χ4v) is 5.15. The topological polar surface area (TPSA) is 51.9 Å². The SMILES string of the molecule is CCOc1c(/C(C)=C/C(=O)N2CC(C)CC(C)C2)cc2c(-c3cccc(OC)c3)coc2c1C. The van der Waals surface area contributed by atoms with E-state index in [0.717, 1.165) is 63.4 Å². The Morgan fingerprint density at radius 2 is 1.94 bits per heavy atom. The molecule has 0 bridgehead atoms. The lowest BCUT2D eigenvalue weighted by atomic mass is 9.91. The number of ether oxygens (including phenoxy) is 2. The summed E-state index contributed by atoms with van der Waals surface area (Å²) in [6.45, 7) is 12.6. The van der Waals surface area contributed by atoms with Gasteiger partial charge in [0, 0.05) is 41.2 Å². The number of fused-ring (bicyclic) bond motifs is 1. The van der Waals surface area contributed by atoms with Crippen molar-refractivity contribution in [2.75, 3.05) is 26.8 Å². The van der Waals surface area contributed by atoms with Gasteiger partial charge in [-0.25, -0.2) is 0 Å². The number of allylic oxidation sites excluding steroid dienone is 1. The van der Waals surface area contributed by atoms with Crippen molar-refractivity contribution in [1.29, 1.82) is 0 Å². The van der Waals surface area contributed by atoms with Crippen LogP contribution in [0.3, 0.4) is 0 Å². The maximum absolute atomic E-state index is 13.2. The average Bonchev–Trinajstić information content (AvgIpc) is 3.24. The smallest absolute Gasteiger partial charge is 0.246 e. The number of nitrogens with zero attached hydrogens (tertiary/aromatic N) is 1. The first-order valence-corrected chi connectivity index (χ1v) is 12.1. The second kappa shape index (κ2) is 9.96. The monoisotopic (exact) mass is 461 g/mol. The van der Waals surface area contributed by atoms with Crippen LogP contribution in [-0.4, -0.2) is 37.6 Å². The molecule has 2 heterocycles. The molecular formula is C29H35NO4. The maximum atomic E-state index is 13.2. The van der Waals surface area contributed by atoms with E-state index in [4.69, 9.17) is 13.9 Å². The number of piperidine rings is 1. The van der Waals surface area contributed by atoms with Crippen LogP contribution in [0.25, 0.3) is 27.7 Å². The molecule has 180 valence electrons. The van der Waals surface area contributed by atoms with Crippen LogP contribution >= 0.6 is 0 Å². The van der Waals surface area contributed by atoms with Gasteiger partial charge >= 0.3 is 0 Å². The Labute approximate surface area is 202 Å². The summed E-state index contributed by atoms with van der Waals surface area (Å²) in [6, 6.07) is 10.0. The molecule has 1 saturated heterocycles. The zero-order chi connectivity index (χ0) is 24.4. The Kier molecular flexibility index (Phi) is 7.01. The molecule has 5 heteroatoms. The summed E-state index contributed by atoms with van der Waals surface area (Å²) in [5, 5.41) is 0.990. The molecule has 1 aromatic heterocycles. The molecule has 0 saturated carbocycles. The van der Waals surface area contributed by atoms with E-state index < -0.39 is 0 Å². The Hall–Kier alpha value is -3.21. The molecule has 1 fully saturated rings. The number of aryl methyl sites for hydroxylation is 1. The summed E-state index contributed by atoms with van der Waals surface area (Å²) in [5.41, 5.74) is 5.54. The van der Waals surface area contributed by atoms with Crippen LogP contribution in [0.1, 0.15) is 45.2 Å². The highest BCUT2D eigenvalue weighted by molar-refractivity contribution is 6.01. The number of hydrogen-bond donors (Lipinski definition) is 0. The minimum atomic E-state index is 0.0660. The first-order chi connectivity index (χ1) is 16.3. The van der Waals surface area contributed by atoms with Crippen LogP contribution in [0.5, 0.6) is 11.5 Å². The van der Waals surface area contributed by atoms with Crippen LogP contribution in [0, 0.1) is 18.8 Å². The second-order valence-electron chi connectivity index (χ2n) is 9.59. The van der Waals surface area contributed by atoms with E-state index in [2.05, 4.69) is 19.9 Å². The largest absolute Gasteiger partial charge is 0.497 e. The second-order valence-corrected chi connectivity index (χ2v) is 9.59. The van der Waals surface area contributed by atoms with Crippen molar-refractivity contribution in [1.82, 2.24) is 4.90 Å². The van der Waals surface area contributed by atoms with Crippen molar-refractivity contribution in [3.8, 4) is 22.6 Å². The summed E-state index contributed by atoms with van der Waals surface area (Å²) in [6.07, 6.45) is 4.72. The molecule has 1 aliphatic heterocycles. The Bertz CT molecular complexity index is 1210. The molecule has 0 radical (unpaired) electrons. The first-order valence-electron chi connectivity index (χ1n) is 12.1. The zero-order valence-electron chi connectivity index (χ0n) is 21.1. The van der Waals surface area contributed by atoms with E-state index in [1.54, 1.807) is 19.4 Å². The molecule has 34 heavy (non-hydrogen) atoms. The van der Waals surface area contributed by atoms with Gasteiger partial charge in [-0.15, -0.1) is 0 Å². The van der Waals surface area contributed by atoms with Gasteiger partial charge in [-0.2, -0.15) is 0 Å². The van der Waals surface area contributed by atoms with E-state index in [1.165, 1.54) is 6.42 Å². The standard InChI is InChI=1S/C29H35NO4/c1-7-33-28-21(5)29-25(26(17-34-29)22-9-8-10-23(13-22)32-6)14-24(28)20(4)12-27(31)30-15-18(2)11-19(3)16-30/h8-10,12-14,17-19H,7,11,15-16H2,1-6H3/b20-12+. The average molecular weight is 462 g/mol. The quantitative estimate of drug-likeness (QED) is 0.382. The van der Waals surface area contributed by atoms with Crippen molar-refractivity contribution in [3.05, 3.63) is 53.8 Å². The Balaban J connectivity index is 1.79. The molecule has 1 amide bonds. The lowest BCUT2D eigenvalue weighted by Gasteiger charge is -2.34. The number of carbonyl (C=O) groups is 1. The Morgan fingerprint density at radius 1 is 1.21 bits per heavy atom. The van der Waals surface area contributed by atoms with Gasteiger partial charge in [-0.3, -0.25) is 4.79 Å². The zero-order valence-corrected chi connectivity index (χ0v) is 21.1. The fourth-order valence-electron chi connectivity index (χ4n) is 5.15. The number of likely N-dealkylation sites (tertiary alicyclic amines) is 1. The molecule has 5 nitrogen and oxygen atoms in total. The van der Waals surface area contributed by atoms with Gasteiger partial charge in [0.1, 0.15) is 17.1 Å². The van der Waals surface area contributed by atoms with Crippen molar-refractivity contribution < 1.29 is 18.7 Å². The van der Waals surface area contributed by atoms with Crippen molar-refractivity contribution >= 4 is 22.4 Å². The third-order valence-electron chi connectivity index (χ3n) is 6.66. The van der Waals surface area contributed by atoms with E-state index in [9.17, 15) is 4.79 Å². The van der Waals surface area contributed by atoms with E-state index in [0.29, 0.717) is 18.4 Å². The molecule has 0 aliphatic carbocycles. The summed E-state index contributed by atoms with van der Waals surface area (Å²) < 4.78 is 17.5. The molecular weight excluding hydrogens is 426 g/mol. The number of methoxy groups -OCH3 is 1. The third-order valence-corrected chi connectivity index (χ3v) is 6.66. The minimum Gasteiger partial charge on any atom is -0.497 e. The molecule has 1 aliphatic rings. The van der Waals surface area contributed by atoms with E-state index in [-0.39, 0.29) is 5.91 Å². The number of benzene rings is 2. The highest BCUT2D eigenvalue weighted by Crippen LogP contribution is 2.41. The van der Waals surface area contributed by atoms with Gasteiger partial charge in [0.2, 0.25) is 5.91 Å². The lowest BCUT2D eigenvalue weighted by molar-refractivity contribution is -0.128. The minimum absolute atomic E-state index is 0.0660. The molecule has 2 unspecified atom stereocenters.